The van der Waals surface area contributed by atoms with E-state index in [1.807, 2.05) is 0 Å². The molecule has 0 unspecified atom stereocenters. The molecule has 12 heteroatoms. The molecule has 4 N–H and O–H groups in total. The van der Waals surface area contributed by atoms with Gasteiger partial charge in [0.2, 0.25) is 16.0 Å². The van der Waals surface area contributed by atoms with E-state index in [2.05, 4.69) is 25.3 Å². The number of halogens is 1. The number of rotatable bonds is 6. The number of anilines is 4. The quantitative estimate of drug-likeness (QED) is 0.515. The van der Waals surface area contributed by atoms with Gasteiger partial charge < -0.3 is 15.4 Å². The Kier molecular flexibility index (Phi) is 5.53. The Morgan fingerprint density at radius 2 is 2.04 bits per heavy atom. The van der Waals surface area contributed by atoms with Crippen molar-refractivity contribution in [1.29, 1.82) is 0 Å². The monoisotopic (exact) mass is 423 g/mol. The molecule has 0 aliphatic rings. The van der Waals surface area contributed by atoms with Crippen LogP contribution in [0.25, 0.3) is 0 Å². The molecule has 2 aromatic heterocycles. The summed E-state index contributed by atoms with van der Waals surface area (Å²) in [6.07, 6.45) is 0.954. The minimum Gasteiger partial charge on any atom is -0.465 e. The molecule has 9 nitrogen and oxygen atoms in total. The average molecular weight is 423 g/mol. The number of nitrogens with one attached hydrogen (secondary N) is 2. The van der Waals surface area contributed by atoms with Crippen LogP contribution in [-0.4, -0.2) is 31.5 Å². The second kappa shape index (κ2) is 7.88. The molecule has 3 rings (SSSR count). The van der Waals surface area contributed by atoms with E-state index in [4.69, 9.17) is 5.14 Å². The number of hydrogen-bond donors (Lipinski definition) is 3. The largest absolute Gasteiger partial charge is 0.465 e. The fourth-order valence-corrected chi connectivity index (χ4v) is 3.51. The molecule has 3 aromatic rings. The van der Waals surface area contributed by atoms with Gasteiger partial charge in [0.25, 0.3) is 0 Å². The first kappa shape index (κ1) is 19.7. The predicted molar refractivity (Wildman–Crippen MR) is 102 cm³/mol. The van der Waals surface area contributed by atoms with Gasteiger partial charge in [-0.05, 0) is 30.3 Å². The van der Waals surface area contributed by atoms with Crippen molar-refractivity contribution in [2.45, 2.75) is 4.90 Å². The molecule has 0 saturated carbocycles. The molecule has 0 saturated heterocycles. The number of carbonyl (C=O) groups is 1. The summed E-state index contributed by atoms with van der Waals surface area (Å²) in [6, 6.07) is 8.84. The lowest BCUT2D eigenvalue weighted by Crippen LogP contribution is -2.12. The average Bonchev–Trinajstić information content (AvgIpc) is 3.12. The number of thiophene rings is 1. The highest BCUT2D eigenvalue weighted by Gasteiger charge is 2.13. The smallest absolute Gasteiger partial charge is 0.348 e. The van der Waals surface area contributed by atoms with Gasteiger partial charge in [0.05, 0.1) is 23.2 Å². The Labute approximate surface area is 163 Å². The topological polar surface area (TPSA) is 136 Å². The van der Waals surface area contributed by atoms with E-state index in [0.29, 0.717) is 15.6 Å². The van der Waals surface area contributed by atoms with E-state index in [-0.39, 0.29) is 16.7 Å². The van der Waals surface area contributed by atoms with E-state index in [1.54, 1.807) is 12.1 Å². The van der Waals surface area contributed by atoms with Crippen LogP contribution in [0.4, 0.5) is 26.8 Å². The highest BCUT2D eigenvalue weighted by atomic mass is 32.2. The van der Waals surface area contributed by atoms with Crippen LogP contribution in [-0.2, 0) is 14.8 Å². The maximum absolute atomic E-state index is 14.0. The van der Waals surface area contributed by atoms with E-state index in [1.165, 1.54) is 31.4 Å². The molecule has 0 radical (unpaired) electrons. The number of nitrogens with zero attached hydrogens (tertiary/aromatic N) is 2. The van der Waals surface area contributed by atoms with Gasteiger partial charge in [-0.3, -0.25) is 0 Å². The summed E-state index contributed by atoms with van der Waals surface area (Å²) in [5.74, 6) is -1.31. The first-order chi connectivity index (χ1) is 13.3. The minimum atomic E-state index is -3.87. The van der Waals surface area contributed by atoms with Gasteiger partial charge in [0.15, 0.2) is 11.6 Å². The molecule has 0 fully saturated rings. The van der Waals surface area contributed by atoms with Gasteiger partial charge >= 0.3 is 5.97 Å². The van der Waals surface area contributed by atoms with Crippen molar-refractivity contribution in [2.75, 3.05) is 17.7 Å². The molecule has 2 heterocycles. The number of ether oxygens (including phenoxy) is 1. The van der Waals surface area contributed by atoms with Gasteiger partial charge in [0, 0.05) is 5.69 Å². The molecular weight excluding hydrogens is 409 g/mol. The zero-order valence-corrected chi connectivity index (χ0v) is 16.0. The van der Waals surface area contributed by atoms with Crippen molar-refractivity contribution in [3.8, 4) is 0 Å². The number of benzene rings is 1. The second-order valence-corrected chi connectivity index (χ2v) is 8.01. The highest BCUT2D eigenvalue weighted by Crippen LogP contribution is 2.27. The Balaban J connectivity index is 1.82. The fourth-order valence-electron chi connectivity index (χ4n) is 2.13. The van der Waals surface area contributed by atoms with Crippen molar-refractivity contribution in [3.63, 3.8) is 0 Å². The third-order valence-electron chi connectivity index (χ3n) is 3.40. The number of methoxy groups -OCH3 is 1. The molecule has 0 amide bonds. The number of hydrogen-bond acceptors (Lipinski definition) is 9. The van der Waals surface area contributed by atoms with Crippen LogP contribution in [0.5, 0.6) is 0 Å². The summed E-state index contributed by atoms with van der Waals surface area (Å²) in [7, 11) is -2.60. The van der Waals surface area contributed by atoms with E-state index < -0.39 is 21.8 Å². The first-order valence-electron chi connectivity index (χ1n) is 7.64. The van der Waals surface area contributed by atoms with Gasteiger partial charge in [-0.1, -0.05) is 6.07 Å². The number of nitrogens with two attached hydrogens (primary N) is 1. The molecule has 28 heavy (non-hydrogen) atoms. The van der Waals surface area contributed by atoms with Gasteiger partial charge in [-0.25, -0.2) is 27.7 Å². The molecule has 146 valence electrons. The Morgan fingerprint density at radius 3 is 2.75 bits per heavy atom. The lowest BCUT2D eigenvalue weighted by atomic mass is 10.3. The maximum atomic E-state index is 14.0. The van der Waals surface area contributed by atoms with Crippen LogP contribution < -0.4 is 15.8 Å². The third-order valence-corrected chi connectivity index (χ3v) is 5.29. The van der Waals surface area contributed by atoms with Crippen LogP contribution in [0.3, 0.4) is 0 Å². The number of carbonyl (C=O) groups excluding carboxylic acids is 1. The summed E-state index contributed by atoms with van der Waals surface area (Å²) in [4.78, 5) is 19.6. The van der Waals surface area contributed by atoms with Crippen LogP contribution >= 0.6 is 11.3 Å². The zero-order valence-electron chi connectivity index (χ0n) is 14.3. The summed E-state index contributed by atoms with van der Waals surface area (Å²) < 4.78 is 41.5. The summed E-state index contributed by atoms with van der Waals surface area (Å²) in [5.41, 5.74) is 0.355. The van der Waals surface area contributed by atoms with Crippen LogP contribution in [0, 0.1) is 5.82 Å². The van der Waals surface area contributed by atoms with Crippen LogP contribution in [0.1, 0.15) is 9.67 Å². The summed E-state index contributed by atoms with van der Waals surface area (Å²) in [5, 5.41) is 11.1. The lowest BCUT2D eigenvalue weighted by molar-refractivity contribution is 0.0606. The van der Waals surface area contributed by atoms with Crippen molar-refractivity contribution in [1.82, 2.24) is 9.97 Å². The zero-order chi connectivity index (χ0) is 20.3. The van der Waals surface area contributed by atoms with E-state index in [9.17, 15) is 17.6 Å². The van der Waals surface area contributed by atoms with Crippen LogP contribution in [0.15, 0.2) is 47.5 Å². The number of primary sulfonamides is 1. The number of aromatic nitrogens is 2. The van der Waals surface area contributed by atoms with Crippen LogP contribution in [0.2, 0.25) is 0 Å². The molecule has 0 aliphatic heterocycles. The molecule has 0 bridgehead atoms. The van der Waals surface area contributed by atoms with E-state index in [0.717, 1.165) is 17.5 Å². The Bertz CT molecular complexity index is 1130. The van der Waals surface area contributed by atoms with Crippen molar-refractivity contribution in [2.24, 2.45) is 5.14 Å². The minimum absolute atomic E-state index is 0.0280. The van der Waals surface area contributed by atoms with Crippen molar-refractivity contribution in [3.05, 3.63) is 53.3 Å². The lowest BCUT2D eigenvalue weighted by Gasteiger charge is -2.09. The third kappa shape index (κ3) is 4.60. The van der Waals surface area contributed by atoms with Crippen molar-refractivity contribution >= 4 is 49.8 Å². The van der Waals surface area contributed by atoms with Crippen molar-refractivity contribution < 1.29 is 22.3 Å². The van der Waals surface area contributed by atoms with Gasteiger partial charge in [-0.2, -0.15) is 4.98 Å². The molecule has 1 aromatic carbocycles. The number of esters is 1. The Hall–Kier alpha value is -3.09. The SMILES string of the molecule is COC(=O)c1ccc(Nc2nc(Nc3cccc(S(N)(=O)=O)c3)ncc2F)s1. The standard InChI is InChI=1S/C16H14FN5O4S2/c1-26-15(23)12-5-6-13(27-12)21-14-11(17)8-19-16(22-14)20-9-3-2-4-10(7-9)28(18,24)25/h2-8H,1H3,(H2,18,24,25)(H2,19,20,21,22). The molecular formula is C16H14FN5O4S2. The molecule has 0 aliphatic carbocycles. The molecule has 0 atom stereocenters. The first-order valence-corrected chi connectivity index (χ1v) is 10.00. The van der Waals surface area contributed by atoms with Gasteiger partial charge in [-0.15, -0.1) is 11.3 Å². The number of sulfonamides is 1. The summed E-state index contributed by atoms with van der Waals surface area (Å²) >= 11 is 1.07. The van der Waals surface area contributed by atoms with Gasteiger partial charge in [0.1, 0.15) is 4.88 Å². The maximum Gasteiger partial charge on any atom is 0.348 e. The Morgan fingerprint density at radius 1 is 1.25 bits per heavy atom. The fraction of sp³-hybridized carbons (Fsp3) is 0.0625. The van der Waals surface area contributed by atoms with E-state index >= 15 is 0 Å². The normalized spacial score (nSPS) is 11.1. The second-order valence-electron chi connectivity index (χ2n) is 5.37. The molecule has 0 spiro atoms. The predicted octanol–water partition coefficient (Wildman–Crippen LogP) is 2.60. The highest BCUT2D eigenvalue weighted by molar-refractivity contribution is 7.89. The summed E-state index contributed by atoms with van der Waals surface area (Å²) in [6.45, 7) is 0.